The molecule has 1 aromatic rings. The van der Waals surface area contributed by atoms with Crippen LogP contribution in [0.5, 0.6) is 0 Å². The van der Waals surface area contributed by atoms with Crippen LogP contribution in [0.2, 0.25) is 0 Å². The van der Waals surface area contributed by atoms with Crippen LogP contribution in [0.3, 0.4) is 0 Å². The SMILES string of the molecule is CC(C)C(NC(=O)C=CC(=O)N(C)C1CCCCC1)c1ccccc1. The molecule has 25 heavy (non-hydrogen) atoms. The topological polar surface area (TPSA) is 49.4 Å². The third-order valence-corrected chi connectivity index (χ3v) is 4.97. The first kappa shape index (κ1) is 19.2. The molecule has 1 aromatic carbocycles. The Morgan fingerprint density at radius 2 is 1.72 bits per heavy atom. The summed E-state index contributed by atoms with van der Waals surface area (Å²) in [5.41, 5.74) is 1.07. The van der Waals surface area contributed by atoms with Crippen molar-refractivity contribution in [2.45, 2.75) is 58.0 Å². The van der Waals surface area contributed by atoms with E-state index < -0.39 is 0 Å². The van der Waals surface area contributed by atoms with Crippen LogP contribution in [0, 0.1) is 5.92 Å². The molecule has 0 aromatic heterocycles. The molecule has 0 bridgehead atoms. The molecule has 0 spiro atoms. The second-order valence-corrected chi connectivity index (χ2v) is 7.22. The van der Waals surface area contributed by atoms with Gasteiger partial charge in [-0.25, -0.2) is 0 Å². The van der Waals surface area contributed by atoms with Gasteiger partial charge in [-0.05, 0) is 24.3 Å². The van der Waals surface area contributed by atoms with Gasteiger partial charge < -0.3 is 10.2 Å². The van der Waals surface area contributed by atoms with Gasteiger partial charge in [0.25, 0.3) is 0 Å². The van der Waals surface area contributed by atoms with E-state index in [1.807, 2.05) is 37.4 Å². The second-order valence-electron chi connectivity index (χ2n) is 7.22. The van der Waals surface area contributed by atoms with Crippen molar-refractivity contribution in [3.05, 3.63) is 48.0 Å². The fourth-order valence-corrected chi connectivity index (χ4v) is 3.41. The molecule has 4 heteroatoms. The Morgan fingerprint density at radius 1 is 1.08 bits per heavy atom. The Labute approximate surface area is 151 Å². The lowest BCUT2D eigenvalue weighted by atomic mass is 9.94. The highest BCUT2D eigenvalue weighted by Crippen LogP contribution is 2.22. The van der Waals surface area contributed by atoms with E-state index in [0.29, 0.717) is 6.04 Å². The summed E-state index contributed by atoms with van der Waals surface area (Å²) in [6, 6.07) is 10.2. The van der Waals surface area contributed by atoms with E-state index in [2.05, 4.69) is 19.2 Å². The summed E-state index contributed by atoms with van der Waals surface area (Å²) in [6.45, 7) is 4.15. The van der Waals surface area contributed by atoms with Crippen molar-refractivity contribution in [3.63, 3.8) is 0 Å². The predicted octanol–water partition coefficient (Wildman–Crippen LogP) is 3.85. The normalized spacial score (nSPS) is 16.8. The molecule has 1 fully saturated rings. The third kappa shape index (κ3) is 5.73. The molecule has 2 amide bonds. The maximum atomic E-state index is 12.3. The van der Waals surface area contributed by atoms with Crippen LogP contribution in [0.4, 0.5) is 0 Å². The van der Waals surface area contributed by atoms with Crippen molar-refractivity contribution < 1.29 is 9.59 Å². The summed E-state index contributed by atoms with van der Waals surface area (Å²) in [5, 5.41) is 3.01. The van der Waals surface area contributed by atoms with Crippen molar-refractivity contribution >= 4 is 11.8 Å². The van der Waals surface area contributed by atoms with Crippen molar-refractivity contribution in [1.29, 1.82) is 0 Å². The monoisotopic (exact) mass is 342 g/mol. The average Bonchev–Trinajstić information content (AvgIpc) is 2.64. The van der Waals surface area contributed by atoms with Crippen LogP contribution in [0.1, 0.15) is 57.6 Å². The zero-order valence-electron chi connectivity index (χ0n) is 15.6. The molecule has 136 valence electrons. The van der Waals surface area contributed by atoms with Gasteiger partial charge in [-0.2, -0.15) is 0 Å². The Kier molecular flexibility index (Phi) is 7.23. The zero-order chi connectivity index (χ0) is 18.2. The number of hydrogen-bond donors (Lipinski definition) is 1. The van der Waals surface area contributed by atoms with Gasteiger partial charge >= 0.3 is 0 Å². The first-order valence-electron chi connectivity index (χ1n) is 9.29. The number of amides is 2. The van der Waals surface area contributed by atoms with Crippen LogP contribution in [0.25, 0.3) is 0 Å². The molecule has 4 nitrogen and oxygen atoms in total. The Balaban J connectivity index is 1.93. The van der Waals surface area contributed by atoms with E-state index in [0.717, 1.165) is 18.4 Å². The average molecular weight is 342 g/mol. The van der Waals surface area contributed by atoms with Crippen molar-refractivity contribution in [1.82, 2.24) is 10.2 Å². The van der Waals surface area contributed by atoms with Crippen molar-refractivity contribution in [2.24, 2.45) is 5.92 Å². The number of benzene rings is 1. The number of carbonyl (C=O) groups excluding carboxylic acids is 2. The molecule has 0 aliphatic heterocycles. The third-order valence-electron chi connectivity index (χ3n) is 4.97. The molecular formula is C21H30N2O2. The van der Waals surface area contributed by atoms with Gasteiger partial charge in [-0.3, -0.25) is 9.59 Å². The molecule has 2 rings (SSSR count). The van der Waals surface area contributed by atoms with Crippen LogP contribution >= 0.6 is 0 Å². The van der Waals surface area contributed by atoms with Gasteiger partial charge in [-0.1, -0.05) is 63.4 Å². The summed E-state index contributed by atoms with van der Waals surface area (Å²) in [7, 11) is 1.83. The van der Waals surface area contributed by atoms with Crippen LogP contribution < -0.4 is 5.32 Å². The highest BCUT2D eigenvalue weighted by atomic mass is 16.2. The summed E-state index contributed by atoms with van der Waals surface area (Å²) in [6.07, 6.45) is 8.50. The molecule has 1 N–H and O–H groups in total. The van der Waals surface area contributed by atoms with Gasteiger partial charge in [0, 0.05) is 25.2 Å². The number of hydrogen-bond acceptors (Lipinski definition) is 2. The first-order chi connectivity index (χ1) is 12.0. The molecule has 1 aliphatic rings. The van der Waals surface area contributed by atoms with Crippen LogP contribution in [-0.2, 0) is 9.59 Å². The number of nitrogens with one attached hydrogen (secondary N) is 1. The minimum Gasteiger partial charge on any atom is -0.345 e. The Morgan fingerprint density at radius 3 is 2.32 bits per heavy atom. The maximum absolute atomic E-state index is 12.3. The Bertz CT molecular complexity index is 589. The van der Waals surface area contributed by atoms with E-state index in [9.17, 15) is 9.59 Å². The van der Waals surface area contributed by atoms with Gasteiger partial charge in [0.15, 0.2) is 0 Å². The number of likely N-dealkylation sites (N-methyl/N-ethyl adjacent to an activating group) is 1. The highest BCUT2D eigenvalue weighted by Gasteiger charge is 2.21. The van der Waals surface area contributed by atoms with E-state index in [1.54, 1.807) is 4.90 Å². The standard InChI is InChI=1S/C21H30N2O2/c1-16(2)21(17-10-6-4-7-11-17)22-19(24)14-15-20(25)23(3)18-12-8-5-9-13-18/h4,6-7,10-11,14-16,18,21H,5,8-9,12-13H2,1-3H3,(H,22,24). The summed E-state index contributed by atoms with van der Waals surface area (Å²) in [5.74, 6) is -0.0591. The van der Waals surface area contributed by atoms with E-state index in [-0.39, 0.29) is 23.8 Å². The van der Waals surface area contributed by atoms with Crippen LogP contribution in [0.15, 0.2) is 42.5 Å². The van der Waals surface area contributed by atoms with Gasteiger partial charge in [0.2, 0.25) is 11.8 Å². The first-order valence-corrected chi connectivity index (χ1v) is 9.29. The number of rotatable bonds is 6. The second kappa shape index (κ2) is 9.40. The minimum atomic E-state index is -0.229. The lowest BCUT2D eigenvalue weighted by Gasteiger charge is -2.30. The minimum absolute atomic E-state index is 0.0653. The summed E-state index contributed by atoms with van der Waals surface area (Å²) >= 11 is 0. The molecule has 0 heterocycles. The zero-order valence-corrected chi connectivity index (χ0v) is 15.6. The fourth-order valence-electron chi connectivity index (χ4n) is 3.41. The van der Waals surface area contributed by atoms with E-state index in [1.165, 1.54) is 31.4 Å². The lowest BCUT2D eigenvalue weighted by Crippen LogP contribution is -2.37. The molecule has 1 atom stereocenters. The number of nitrogens with zero attached hydrogens (tertiary/aromatic N) is 1. The number of carbonyl (C=O) groups is 2. The molecule has 0 saturated heterocycles. The predicted molar refractivity (Wildman–Crippen MR) is 101 cm³/mol. The van der Waals surface area contributed by atoms with Gasteiger partial charge in [-0.15, -0.1) is 0 Å². The molecule has 1 aliphatic carbocycles. The maximum Gasteiger partial charge on any atom is 0.246 e. The van der Waals surface area contributed by atoms with E-state index in [4.69, 9.17) is 0 Å². The fraction of sp³-hybridized carbons (Fsp3) is 0.524. The quantitative estimate of drug-likeness (QED) is 0.798. The molecular weight excluding hydrogens is 312 g/mol. The highest BCUT2D eigenvalue weighted by molar-refractivity contribution is 5.96. The lowest BCUT2D eigenvalue weighted by molar-refractivity contribution is -0.127. The largest absolute Gasteiger partial charge is 0.345 e. The van der Waals surface area contributed by atoms with Crippen molar-refractivity contribution in [2.75, 3.05) is 7.05 Å². The van der Waals surface area contributed by atoms with Gasteiger partial charge in [0.05, 0.1) is 6.04 Å². The Hall–Kier alpha value is -2.10. The molecule has 0 radical (unpaired) electrons. The molecule has 1 unspecified atom stereocenters. The van der Waals surface area contributed by atoms with Gasteiger partial charge in [0.1, 0.15) is 0 Å². The summed E-state index contributed by atoms with van der Waals surface area (Å²) in [4.78, 5) is 26.3. The smallest absolute Gasteiger partial charge is 0.246 e. The van der Waals surface area contributed by atoms with Crippen molar-refractivity contribution in [3.8, 4) is 0 Å². The molecule has 1 saturated carbocycles. The summed E-state index contributed by atoms with van der Waals surface area (Å²) < 4.78 is 0. The van der Waals surface area contributed by atoms with E-state index >= 15 is 0 Å². The van der Waals surface area contributed by atoms with Crippen LogP contribution in [-0.4, -0.2) is 29.8 Å².